The first-order valence-corrected chi connectivity index (χ1v) is 11.5. The van der Waals surface area contributed by atoms with Crippen molar-refractivity contribution in [2.75, 3.05) is 6.54 Å². The van der Waals surface area contributed by atoms with Gasteiger partial charge in [-0.15, -0.1) is 0 Å². The van der Waals surface area contributed by atoms with Crippen molar-refractivity contribution in [1.29, 1.82) is 0 Å². The number of fused-ring (bicyclic) bond motifs is 2. The third kappa shape index (κ3) is 4.14. The summed E-state index contributed by atoms with van der Waals surface area (Å²) in [4.78, 5) is 8.07. The minimum Gasteiger partial charge on any atom is -0.342 e. The Bertz CT molecular complexity index is 1370. The second-order valence-corrected chi connectivity index (χ2v) is 8.87. The second-order valence-electron chi connectivity index (χ2n) is 8.03. The lowest BCUT2D eigenvalue weighted by Gasteiger charge is -2.11. The molecule has 0 amide bonds. The van der Waals surface area contributed by atoms with Crippen LogP contribution < -0.4 is 5.32 Å². The number of aromatic nitrogens is 3. The molecular formula is C26H24Cl2N4. The molecule has 0 unspecified atom stereocenters. The van der Waals surface area contributed by atoms with Crippen LogP contribution in [-0.2, 0) is 19.5 Å². The minimum atomic E-state index is 0.655. The first kappa shape index (κ1) is 21.1. The van der Waals surface area contributed by atoms with E-state index in [-0.39, 0.29) is 0 Å². The third-order valence-electron chi connectivity index (χ3n) is 5.98. The van der Waals surface area contributed by atoms with Crippen molar-refractivity contribution in [2.24, 2.45) is 0 Å². The van der Waals surface area contributed by atoms with Gasteiger partial charge in [0.2, 0.25) is 0 Å². The fourth-order valence-corrected chi connectivity index (χ4v) is 4.76. The Labute approximate surface area is 197 Å². The Morgan fingerprint density at radius 3 is 2.66 bits per heavy atom. The maximum Gasteiger partial charge on any atom is 0.108 e. The molecule has 5 aromatic rings. The van der Waals surface area contributed by atoms with Gasteiger partial charge in [0, 0.05) is 52.7 Å². The second kappa shape index (κ2) is 8.99. The molecule has 6 heteroatoms. The number of para-hydroxylation sites is 3. The molecule has 0 saturated heterocycles. The number of nitrogens with one attached hydrogen (secondary N) is 2. The summed E-state index contributed by atoms with van der Waals surface area (Å²) in [5.41, 5.74) is 6.93. The van der Waals surface area contributed by atoms with Crippen molar-refractivity contribution < 1.29 is 0 Å². The van der Waals surface area contributed by atoms with E-state index in [4.69, 9.17) is 23.2 Å². The van der Waals surface area contributed by atoms with Crippen LogP contribution in [-0.4, -0.2) is 21.1 Å². The summed E-state index contributed by atoms with van der Waals surface area (Å²) in [6.07, 6.45) is 0.854. The summed E-state index contributed by atoms with van der Waals surface area (Å²) >= 11 is 12.5. The van der Waals surface area contributed by atoms with Gasteiger partial charge < -0.3 is 14.9 Å². The van der Waals surface area contributed by atoms with Crippen molar-refractivity contribution in [2.45, 2.75) is 26.4 Å². The molecule has 5 rings (SSSR count). The van der Waals surface area contributed by atoms with Crippen LogP contribution in [0.15, 0.2) is 66.7 Å². The predicted octanol–water partition coefficient (Wildman–Crippen LogP) is 6.51. The lowest BCUT2D eigenvalue weighted by Crippen LogP contribution is -2.18. The van der Waals surface area contributed by atoms with Gasteiger partial charge in [0.1, 0.15) is 5.82 Å². The van der Waals surface area contributed by atoms with E-state index in [0.29, 0.717) is 16.6 Å². The topological polar surface area (TPSA) is 45.6 Å². The van der Waals surface area contributed by atoms with Crippen molar-refractivity contribution in [1.82, 2.24) is 19.9 Å². The molecule has 0 fully saturated rings. The number of H-pyrrole nitrogens is 1. The number of rotatable bonds is 7. The molecular weight excluding hydrogens is 439 g/mol. The van der Waals surface area contributed by atoms with Gasteiger partial charge >= 0.3 is 0 Å². The molecule has 0 saturated carbocycles. The molecule has 2 N–H and O–H groups in total. The van der Waals surface area contributed by atoms with Crippen molar-refractivity contribution >= 4 is 45.1 Å². The molecule has 0 aliphatic carbocycles. The zero-order chi connectivity index (χ0) is 22.1. The highest BCUT2D eigenvalue weighted by Crippen LogP contribution is 2.29. The van der Waals surface area contributed by atoms with E-state index in [1.807, 2.05) is 30.3 Å². The fraction of sp³-hybridized carbons (Fsp3) is 0.192. The van der Waals surface area contributed by atoms with E-state index < -0.39 is 0 Å². The van der Waals surface area contributed by atoms with Crippen LogP contribution in [0.3, 0.4) is 0 Å². The predicted molar refractivity (Wildman–Crippen MR) is 134 cm³/mol. The van der Waals surface area contributed by atoms with Gasteiger partial charge in [-0.05, 0) is 48.4 Å². The quantitative estimate of drug-likeness (QED) is 0.270. The Morgan fingerprint density at radius 2 is 1.81 bits per heavy atom. The summed E-state index contributed by atoms with van der Waals surface area (Å²) < 4.78 is 2.33. The highest BCUT2D eigenvalue weighted by molar-refractivity contribution is 6.35. The first-order valence-electron chi connectivity index (χ1n) is 10.7. The lowest BCUT2D eigenvalue weighted by molar-refractivity contribution is 0.670. The number of halogens is 2. The van der Waals surface area contributed by atoms with Crippen LogP contribution in [0.1, 0.15) is 22.6 Å². The third-order valence-corrected chi connectivity index (χ3v) is 6.57. The first-order chi connectivity index (χ1) is 15.6. The molecule has 2 aromatic heterocycles. The molecule has 0 atom stereocenters. The zero-order valence-electron chi connectivity index (χ0n) is 17.8. The molecule has 0 aliphatic rings. The average molecular weight is 463 g/mol. The molecule has 0 bridgehead atoms. The van der Waals surface area contributed by atoms with E-state index in [1.54, 1.807) is 6.07 Å². The number of hydrogen-bond donors (Lipinski definition) is 2. The van der Waals surface area contributed by atoms with E-state index >= 15 is 0 Å². The Kier molecular flexibility index (Phi) is 5.92. The molecule has 0 radical (unpaired) electrons. The molecule has 0 spiro atoms. The molecule has 4 nitrogen and oxygen atoms in total. The molecule has 0 aliphatic heterocycles. The van der Waals surface area contributed by atoms with Crippen LogP contribution in [0.25, 0.3) is 21.9 Å². The number of benzene rings is 3. The highest BCUT2D eigenvalue weighted by atomic mass is 35.5. The molecule has 162 valence electrons. The Balaban J connectivity index is 1.34. The monoisotopic (exact) mass is 462 g/mol. The minimum absolute atomic E-state index is 0.655. The number of imidazole rings is 1. The Hall–Kier alpha value is -2.79. The summed E-state index contributed by atoms with van der Waals surface area (Å²) in [6.45, 7) is 4.54. The van der Waals surface area contributed by atoms with E-state index in [0.717, 1.165) is 41.9 Å². The summed E-state index contributed by atoms with van der Waals surface area (Å²) in [6, 6.07) is 22.4. The SMILES string of the molecule is Cc1c(CNCCc2nc3ccccc3[nH]2)c2ccccc2n1Cc1ccc(Cl)cc1Cl. The van der Waals surface area contributed by atoms with Gasteiger partial charge in [-0.3, -0.25) is 0 Å². The van der Waals surface area contributed by atoms with E-state index in [9.17, 15) is 0 Å². The molecule has 2 heterocycles. The van der Waals surface area contributed by atoms with Crippen molar-refractivity contribution in [3.8, 4) is 0 Å². The smallest absolute Gasteiger partial charge is 0.108 e. The van der Waals surface area contributed by atoms with Crippen LogP contribution >= 0.6 is 23.2 Å². The number of nitrogens with zero attached hydrogens (tertiary/aromatic N) is 2. The summed E-state index contributed by atoms with van der Waals surface area (Å²) in [7, 11) is 0. The van der Waals surface area contributed by atoms with Gasteiger partial charge in [-0.1, -0.05) is 59.6 Å². The van der Waals surface area contributed by atoms with E-state index in [1.165, 1.54) is 22.2 Å². The van der Waals surface area contributed by atoms with Crippen LogP contribution in [0.5, 0.6) is 0 Å². The fourth-order valence-electron chi connectivity index (χ4n) is 4.29. The van der Waals surface area contributed by atoms with Crippen LogP contribution in [0.2, 0.25) is 10.0 Å². The maximum atomic E-state index is 6.46. The summed E-state index contributed by atoms with van der Waals surface area (Å²) in [5, 5.41) is 6.23. The van der Waals surface area contributed by atoms with Gasteiger partial charge in [-0.2, -0.15) is 0 Å². The maximum absolute atomic E-state index is 6.46. The highest BCUT2D eigenvalue weighted by Gasteiger charge is 2.15. The van der Waals surface area contributed by atoms with Crippen LogP contribution in [0.4, 0.5) is 0 Å². The lowest BCUT2D eigenvalue weighted by atomic mass is 10.1. The van der Waals surface area contributed by atoms with Gasteiger partial charge in [0.15, 0.2) is 0 Å². The van der Waals surface area contributed by atoms with Gasteiger partial charge in [-0.25, -0.2) is 4.98 Å². The van der Waals surface area contributed by atoms with Gasteiger partial charge in [0.05, 0.1) is 11.0 Å². The number of aromatic amines is 1. The standard InChI is InChI=1S/C26H24Cl2N4/c1-17-21(15-29-13-12-26-30-23-7-3-4-8-24(23)31-26)20-6-2-5-9-25(20)32(17)16-18-10-11-19(27)14-22(18)28/h2-11,14,29H,12-13,15-16H2,1H3,(H,30,31). The zero-order valence-corrected chi connectivity index (χ0v) is 19.3. The Morgan fingerprint density at radius 1 is 1.00 bits per heavy atom. The average Bonchev–Trinajstić information content (AvgIpc) is 3.32. The largest absolute Gasteiger partial charge is 0.342 e. The van der Waals surface area contributed by atoms with E-state index in [2.05, 4.69) is 57.1 Å². The molecule has 3 aromatic carbocycles. The van der Waals surface area contributed by atoms with Gasteiger partial charge in [0.25, 0.3) is 0 Å². The van der Waals surface area contributed by atoms with Crippen molar-refractivity contribution in [3.05, 3.63) is 99.4 Å². The molecule has 32 heavy (non-hydrogen) atoms. The van der Waals surface area contributed by atoms with Crippen molar-refractivity contribution in [3.63, 3.8) is 0 Å². The number of hydrogen-bond acceptors (Lipinski definition) is 2. The normalized spacial score (nSPS) is 11.6. The summed E-state index contributed by atoms with van der Waals surface area (Å²) in [5.74, 6) is 1.01. The van der Waals surface area contributed by atoms with Crippen LogP contribution in [0, 0.1) is 6.92 Å².